The largest absolute Gasteiger partial charge is 0.328 e. The number of piperidine rings is 1. The lowest BCUT2D eigenvalue weighted by Gasteiger charge is -2.33. The van der Waals surface area contributed by atoms with Gasteiger partial charge in [-0.25, -0.2) is 0 Å². The van der Waals surface area contributed by atoms with Crippen molar-refractivity contribution in [3.8, 4) is 0 Å². The molecule has 1 saturated heterocycles. The molecule has 2 heterocycles. The second-order valence-electron chi connectivity index (χ2n) is 5.58. The molecule has 102 valence electrons. The van der Waals surface area contributed by atoms with E-state index in [2.05, 4.69) is 30.0 Å². The van der Waals surface area contributed by atoms with E-state index in [-0.39, 0.29) is 0 Å². The van der Waals surface area contributed by atoms with E-state index in [1.165, 1.54) is 31.5 Å². The normalized spacial score (nSPS) is 20.2. The van der Waals surface area contributed by atoms with Gasteiger partial charge < -0.3 is 5.73 Å². The molecule has 1 aliphatic rings. The van der Waals surface area contributed by atoms with Gasteiger partial charge in [0.15, 0.2) is 0 Å². The zero-order valence-electron chi connectivity index (χ0n) is 11.7. The molecule has 1 atom stereocenters. The van der Waals surface area contributed by atoms with Crippen LogP contribution in [0.4, 0.5) is 0 Å². The van der Waals surface area contributed by atoms with E-state index >= 15 is 0 Å². The van der Waals surface area contributed by atoms with E-state index in [0.29, 0.717) is 12.0 Å². The average Bonchev–Trinajstić information content (AvgIpc) is 2.78. The van der Waals surface area contributed by atoms with Gasteiger partial charge in [0.05, 0.1) is 6.20 Å². The zero-order valence-corrected chi connectivity index (χ0v) is 11.7. The first kappa shape index (κ1) is 13.6. The van der Waals surface area contributed by atoms with Gasteiger partial charge >= 0.3 is 0 Å². The molecule has 0 bridgehead atoms. The standard InChI is InChI=1S/C14H26N4/c1-3-6-18-11-13(9-16-18)10-17-7-4-14(5-8-17)12(2)15/h9,11-12,14H,3-8,10,15H2,1-2H3. The monoisotopic (exact) mass is 250 g/mol. The van der Waals surface area contributed by atoms with Crippen molar-refractivity contribution in [2.75, 3.05) is 13.1 Å². The van der Waals surface area contributed by atoms with Crippen molar-refractivity contribution in [1.29, 1.82) is 0 Å². The summed E-state index contributed by atoms with van der Waals surface area (Å²) in [7, 11) is 0. The van der Waals surface area contributed by atoms with Crippen LogP contribution in [0.1, 0.15) is 38.7 Å². The molecule has 2 rings (SSSR count). The number of hydrogen-bond donors (Lipinski definition) is 1. The van der Waals surface area contributed by atoms with Gasteiger partial charge in [0, 0.05) is 30.9 Å². The molecule has 1 aromatic heterocycles. The molecule has 0 amide bonds. The van der Waals surface area contributed by atoms with E-state index in [4.69, 9.17) is 5.73 Å². The van der Waals surface area contributed by atoms with Crippen molar-refractivity contribution in [3.63, 3.8) is 0 Å². The second-order valence-corrected chi connectivity index (χ2v) is 5.58. The van der Waals surface area contributed by atoms with Crippen molar-refractivity contribution in [2.24, 2.45) is 11.7 Å². The van der Waals surface area contributed by atoms with Gasteiger partial charge in [-0.2, -0.15) is 5.10 Å². The smallest absolute Gasteiger partial charge is 0.0534 e. The first-order valence-corrected chi connectivity index (χ1v) is 7.18. The Bertz CT molecular complexity index is 350. The Balaban J connectivity index is 1.80. The zero-order chi connectivity index (χ0) is 13.0. The van der Waals surface area contributed by atoms with Crippen LogP contribution in [-0.2, 0) is 13.1 Å². The lowest BCUT2D eigenvalue weighted by molar-refractivity contribution is 0.165. The highest BCUT2D eigenvalue weighted by Crippen LogP contribution is 2.20. The Morgan fingerprint density at radius 1 is 1.44 bits per heavy atom. The molecule has 1 unspecified atom stereocenters. The Hall–Kier alpha value is -0.870. The maximum Gasteiger partial charge on any atom is 0.0534 e. The topological polar surface area (TPSA) is 47.1 Å². The fraction of sp³-hybridized carbons (Fsp3) is 0.786. The molecule has 4 heteroatoms. The summed E-state index contributed by atoms with van der Waals surface area (Å²) in [6.07, 6.45) is 7.80. The van der Waals surface area contributed by atoms with Gasteiger partial charge in [-0.05, 0) is 45.2 Å². The van der Waals surface area contributed by atoms with Crippen molar-refractivity contribution < 1.29 is 0 Å². The van der Waals surface area contributed by atoms with Crippen LogP contribution in [0.3, 0.4) is 0 Å². The van der Waals surface area contributed by atoms with Crippen LogP contribution in [0.15, 0.2) is 12.4 Å². The van der Waals surface area contributed by atoms with Gasteiger partial charge in [-0.3, -0.25) is 9.58 Å². The number of nitrogens with two attached hydrogens (primary N) is 1. The predicted octanol–water partition coefficient (Wildman–Crippen LogP) is 1.85. The van der Waals surface area contributed by atoms with Crippen LogP contribution in [0.2, 0.25) is 0 Å². The third kappa shape index (κ3) is 3.56. The fourth-order valence-electron chi connectivity index (χ4n) is 2.73. The van der Waals surface area contributed by atoms with Crippen molar-refractivity contribution >= 4 is 0 Å². The van der Waals surface area contributed by atoms with Crippen LogP contribution >= 0.6 is 0 Å². The Morgan fingerprint density at radius 2 is 2.17 bits per heavy atom. The quantitative estimate of drug-likeness (QED) is 0.867. The van der Waals surface area contributed by atoms with Gasteiger partial charge in [0.1, 0.15) is 0 Å². The minimum atomic E-state index is 0.347. The summed E-state index contributed by atoms with van der Waals surface area (Å²) in [6, 6.07) is 0.347. The van der Waals surface area contributed by atoms with E-state index in [1.54, 1.807) is 0 Å². The molecule has 1 aromatic rings. The Labute approximate surface area is 110 Å². The number of aryl methyl sites for hydroxylation is 1. The van der Waals surface area contributed by atoms with Gasteiger partial charge in [-0.1, -0.05) is 6.92 Å². The fourth-order valence-corrected chi connectivity index (χ4v) is 2.73. The van der Waals surface area contributed by atoms with E-state index < -0.39 is 0 Å². The lowest BCUT2D eigenvalue weighted by atomic mass is 9.91. The summed E-state index contributed by atoms with van der Waals surface area (Å²) in [5.74, 6) is 0.712. The number of nitrogens with zero attached hydrogens (tertiary/aromatic N) is 3. The van der Waals surface area contributed by atoms with Crippen molar-refractivity contribution in [2.45, 2.75) is 52.2 Å². The predicted molar refractivity (Wildman–Crippen MR) is 74.2 cm³/mol. The Morgan fingerprint density at radius 3 is 2.78 bits per heavy atom. The van der Waals surface area contributed by atoms with Crippen LogP contribution in [0.5, 0.6) is 0 Å². The number of aromatic nitrogens is 2. The summed E-state index contributed by atoms with van der Waals surface area (Å²) in [4.78, 5) is 2.52. The second kappa shape index (κ2) is 6.34. The SMILES string of the molecule is CCCn1cc(CN2CCC(C(C)N)CC2)cn1. The van der Waals surface area contributed by atoms with E-state index in [0.717, 1.165) is 19.5 Å². The van der Waals surface area contributed by atoms with E-state index in [1.807, 2.05) is 10.9 Å². The summed E-state index contributed by atoms with van der Waals surface area (Å²) < 4.78 is 2.05. The first-order valence-electron chi connectivity index (χ1n) is 7.18. The van der Waals surface area contributed by atoms with Crippen LogP contribution in [0, 0.1) is 5.92 Å². The molecule has 0 radical (unpaired) electrons. The minimum absolute atomic E-state index is 0.347. The van der Waals surface area contributed by atoms with Crippen LogP contribution < -0.4 is 5.73 Å². The third-order valence-corrected chi connectivity index (χ3v) is 3.92. The van der Waals surface area contributed by atoms with Crippen LogP contribution in [0.25, 0.3) is 0 Å². The molecule has 0 aliphatic carbocycles. The maximum absolute atomic E-state index is 5.97. The highest BCUT2D eigenvalue weighted by atomic mass is 15.3. The minimum Gasteiger partial charge on any atom is -0.328 e. The third-order valence-electron chi connectivity index (χ3n) is 3.92. The summed E-state index contributed by atoms with van der Waals surface area (Å²) in [6.45, 7) is 8.72. The lowest BCUT2D eigenvalue weighted by Crippen LogP contribution is -2.39. The Kier molecular flexibility index (Phi) is 4.78. The average molecular weight is 250 g/mol. The van der Waals surface area contributed by atoms with Crippen molar-refractivity contribution in [3.05, 3.63) is 18.0 Å². The number of hydrogen-bond acceptors (Lipinski definition) is 3. The summed E-state index contributed by atoms with van der Waals surface area (Å²) in [5.41, 5.74) is 7.31. The molecule has 18 heavy (non-hydrogen) atoms. The highest BCUT2D eigenvalue weighted by molar-refractivity contribution is 5.04. The molecule has 0 saturated carbocycles. The van der Waals surface area contributed by atoms with Gasteiger partial charge in [0.25, 0.3) is 0 Å². The van der Waals surface area contributed by atoms with Gasteiger partial charge in [0.2, 0.25) is 0 Å². The molecule has 1 aliphatic heterocycles. The van der Waals surface area contributed by atoms with E-state index in [9.17, 15) is 0 Å². The molecule has 2 N–H and O–H groups in total. The number of rotatable bonds is 5. The van der Waals surface area contributed by atoms with Crippen LogP contribution in [-0.4, -0.2) is 33.8 Å². The number of likely N-dealkylation sites (tertiary alicyclic amines) is 1. The molecule has 0 spiro atoms. The maximum atomic E-state index is 5.97. The van der Waals surface area contributed by atoms with Gasteiger partial charge in [-0.15, -0.1) is 0 Å². The molecule has 4 nitrogen and oxygen atoms in total. The summed E-state index contributed by atoms with van der Waals surface area (Å²) in [5, 5.41) is 4.38. The molecule has 0 aromatic carbocycles. The first-order chi connectivity index (χ1) is 8.69. The van der Waals surface area contributed by atoms with Crippen molar-refractivity contribution in [1.82, 2.24) is 14.7 Å². The highest BCUT2D eigenvalue weighted by Gasteiger charge is 2.21. The molecule has 1 fully saturated rings. The molecular weight excluding hydrogens is 224 g/mol. The molecular formula is C14H26N4. The summed E-state index contributed by atoms with van der Waals surface area (Å²) >= 11 is 0.